The number of rotatable bonds is 13. The number of methoxy groups -OCH3 is 1. The smallest absolute Gasteiger partial charge is 0.254 e. The maximum absolute atomic E-state index is 12.9. The fourth-order valence-electron chi connectivity index (χ4n) is 3.62. The highest BCUT2D eigenvalue weighted by Crippen LogP contribution is 2.29. The molecule has 0 aromatic heterocycles. The molecular formula is C26H38ClN3O4. The molecule has 0 saturated heterocycles. The van der Waals surface area contributed by atoms with Crippen molar-refractivity contribution in [2.75, 3.05) is 20.3 Å². The molecular weight excluding hydrogens is 454 g/mol. The Morgan fingerprint density at radius 1 is 0.941 bits per heavy atom. The lowest BCUT2D eigenvalue weighted by Gasteiger charge is -2.31. The summed E-state index contributed by atoms with van der Waals surface area (Å²) in [6.07, 6.45) is 4.40. The van der Waals surface area contributed by atoms with Gasteiger partial charge in [-0.05, 0) is 95.0 Å². The van der Waals surface area contributed by atoms with Gasteiger partial charge in [0.15, 0.2) is 11.5 Å². The predicted octanol–water partition coefficient (Wildman–Crippen LogP) is 5.30. The van der Waals surface area contributed by atoms with Gasteiger partial charge in [0.1, 0.15) is 5.75 Å². The maximum Gasteiger partial charge on any atom is 0.254 e. The number of nitrogens with zero attached hydrogens (tertiary/aromatic N) is 2. The minimum Gasteiger partial charge on any atom is -0.494 e. The van der Waals surface area contributed by atoms with Gasteiger partial charge in [-0.1, -0.05) is 0 Å². The molecule has 2 N–H and O–H groups in total. The number of nitrogens with two attached hydrogens (primary N) is 1. The topological polar surface area (TPSA) is 86.4 Å². The first-order valence-corrected chi connectivity index (χ1v) is 11.5. The van der Waals surface area contributed by atoms with Crippen LogP contribution in [0.15, 0.2) is 47.6 Å². The third-order valence-electron chi connectivity index (χ3n) is 5.18. The number of benzene rings is 2. The first kappa shape index (κ1) is 29.1. The van der Waals surface area contributed by atoms with Crippen LogP contribution in [0, 0.1) is 0 Å². The standard InChI is InChI=1S/C26H37N3O4.ClH/c1-19(2)29(20(3)4)26(30)22-11-14-24(25(17-22)31-5)33-16-8-6-7-15-32-23-12-9-21(10-13-23)18-28-27;/h9-14,17-20H,6-8,15-16,27H2,1-5H3;1H. The zero-order valence-electron chi connectivity index (χ0n) is 20.8. The number of hydrogen-bond donors (Lipinski definition) is 1. The van der Waals surface area contributed by atoms with Crippen molar-refractivity contribution in [2.45, 2.75) is 59.0 Å². The average molecular weight is 492 g/mol. The zero-order chi connectivity index (χ0) is 24.2. The van der Waals surface area contributed by atoms with Gasteiger partial charge in [0.2, 0.25) is 0 Å². The summed E-state index contributed by atoms with van der Waals surface area (Å²) in [6, 6.07) is 13.2. The van der Waals surface area contributed by atoms with Crippen molar-refractivity contribution in [3.63, 3.8) is 0 Å². The molecule has 0 aliphatic carbocycles. The molecule has 2 aromatic rings. The molecule has 0 atom stereocenters. The molecule has 0 heterocycles. The highest BCUT2D eigenvalue weighted by Gasteiger charge is 2.22. The lowest BCUT2D eigenvalue weighted by atomic mass is 10.1. The van der Waals surface area contributed by atoms with Crippen LogP contribution in [-0.2, 0) is 0 Å². The van der Waals surface area contributed by atoms with E-state index in [1.165, 1.54) is 0 Å². The monoisotopic (exact) mass is 491 g/mol. The Kier molecular flexibility index (Phi) is 12.9. The number of amides is 1. The lowest BCUT2D eigenvalue weighted by molar-refractivity contribution is 0.0643. The Morgan fingerprint density at radius 2 is 1.56 bits per heavy atom. The van der Waals surface area contributed by atoms with Gasteiger partial charge >= 0.3 is 0 Å². The second kappa shape index (κ2) is 15.1. The van der Waals surface area contributed by atoms with Gasteiger partial charge in [0.05, 0.1) is 26.5 Å². The molecule has 2 aromatic carbocycles. The van der Waals surface area contributed by atoms with Crippen LogP contribution < -0.4 is 20.1 Å². The number of hydrogen-bond acceptors (Lipinski definition) is 6. The highest BCUT2D eigenvalue weighted by molar-refractivity contribution is 5.95. The van der Waals surface area contributed by atoms with Crippen LogP contribution in [0.2, 0.25) is 0 Å². The van der Waals surface area contributed by atoms with Gasteiger partial charge in [0, 0.05) is 17.6 Å². The minimum absolute atomic E-state index is 0. The molecule has 0 aliphatic heterocycles. The Bertz CT molecular complexity index is 893. The predicted molar refractivity (Wildman–Crippen MR) is 140 cm³/mol. The second-order valence-corrected chi connectivity index (χ2v) is 8.37. The quantitative estimate of drug-likeness (QED) is 0.178. The SMILES string of the molecule is COc1cc(C(=O)N(C(C)C)C(C)C)ccc1OCCCCCOc1ccc(C=NN)cc1.Cl. The van der Waals surface area contributed by atoms with Gasteiger partial charge in [-0.15, -0.1) is 12.4 Å². The van der Waals surface area contributed by atoms with Crippen LogP contribution in [0.1, 0.15) is 62.9 Å². The third-order valence-corrected chi connectivity index (χ3v) is 5.18. The normalized spacial score (nSPS) is 10.9. The summed E-state index contributed by atoms with van der Waals surface area (Å²) in [6.45, 7) is 9.30. The molecule has 7 nitrogen and oxygen atoms in total. The van der Waals surface area contributed by atoms with Crippen molar-refractivity contribution in [3.05, 3.63) is 53.6 Å². The van der Waals surface area contributed by atoms with E-state index in [-0.39, 0.29) is 30.4 Å². The van der Waals surface area contributed by atoms with Crippen molar-refractivity contribution in [3.8, 4) is 17.2 Å². The van der Waals surface area contributed by atoms with E-state index in [2.05, 4.69) is 5.10 Å². The van der Waals surface area contributed by atoms with Crippen LogP contribution in [0.25, 0.3) is 0 Å². The van der Waals surface area contributed by atoms with E-state index in [1.54, 1.807) is 25.5 Å². The molecule has 188 valence electrons. The molecule has 0 spiro atoms. The number of carbonyl (C=O) groups is 1. The summed E-state index contributed by atoms with van der Waals surface area (Å²) < 4.78 is 17.1. The molecule has 0 fully saturated rings. The molecule has 0 radical (unpaired) electrons. The third kappa shape index (κ3) is 8.78. The first-order chi connectivity index (χ1) is 15.9. The van der Waals surface area contributed by atoms with Crippen molar-refractivity contribution in [2.24, 2.45) is 10.9 Å². The van der Waals surface area contributed by atoms with Gasteiger partial charge in [-0.25, -0.2) is 0 Å². The number of hydrazone groups is 1. The van der Waals surface area contributed by atoms with Gasteiger partial charge in [-0.3, -0.25) is 4.79 Å². The number of ether oxygens (including phenoxy) is 3. The molecule has 1 amide bonds. The highest BCUT2D eigenvalue weighted by atomic mass is 35.5. The van der Waals surface area contributed by atoms with Crippen molar-refractivity contribution in [1.29, 1.82) is 0 Å². The summed E-state index contributed by atoms with van der Waals surface area (Å²) in [7, 11) is 1.59. The first-order valence-electron chi connectivity index (χ1n) is 11.5. The summed E-state index contributed by atoms with van der Waals surface area (Å²) in [5.41, 5.74) is 1.54. The summed E-state index contributed by atoms with van der Waals surface area (Å²) >= 11 is 0. The molecule has 0 unspecified atom stereocenters. The number of carbonyl (C=O) groups excluding carboxylic acids is 1. The molecule has 0 aliphatic rings. The van der Waals surface area contributed by atoms with Crippen molar-refractivity contribution < 1.29 is 19.0 Å². The second-order valence-electron chi connectivity index (χ2n) is 8.37. The summed E-state index contributed by atoms with van der Waals surface area (Å²) in [4.78, 5) is 14.8. The Balaban J connectivity index is 0.00000578. The largest absolute Gasteiger partial charge is 0.494 e. The van der Waals surface area contributed by atoms with Crippen molar-refractivity contribution >= 4 is 24.5 Å². The number of halogens is 1. The average Bonchev–Trinajstić information content (AvgIpc) is 2.79. The molecule has 0 saturated carbocycles. The van der Waals surface area contributed by atoms with Gasteiger partial charge < -0.3 is 25.0 Å². The molecule has 0 bridgehead atoms. The Hall–Kier alpha value is -2.93. The van der Waals surface area contributed by atoms with E-state index >= 15 is 0 Å². The lowest BCUT2D eigenvalue weighted by Crippen LogP contribution is -2.42. The zero-order valence-corrected chi connectivity index (χ0v) is 21.6. The van der Waals surface area contributed by atoms with Crippen LogP contribution in [0.3, 0.4) is 0 Å². The van der Waals surface area contributed by atoms with Gasteiger partial charge in [-0.2, -0.15) is 5.10 Å². The van der Waals surface area contributed by atoms with Crippen LogP contribution in [0.4, 0.5) is 0 Å². The van der Waals surface area contributed by atoms with E-state index < -0.39 is 0 Å². The van der Waals surface area contributed by atoms with E-state index in [4.69, 9.17) is 20.1 Å². The van der Waals surface area contributed by atoms with E-state index in [1.807, 2.05) is 62.9 Å². The van der Waals surface area contributed by atoms with Crippen LogP contribution in [0.5, 0.6) is 17.2 Å². The minimum atomic E-state index is -0.00741. The summed E-state index contributed by atoms with van der Waals surface area (Å²) in [5.74, 6) is 7.18. The number of unbranched alkanes of at least 4 members (excludes halogenated alkanes) is 2. The molecule has 8 heteroatoms. The Morgan fingerprint density at radius 3 is 2.12 bits per heavy atom. The van der Waals surface area contributed by atoms with E-state index in [9.17, 15) is 4.79 Å². The van der Waals surface area contributed by atoms with Crippen molar-refractivity contribution in [1.82, 2.24) is 4.90 Å². The fourth-order valence-corrected chi connectivity index (χ4v) is 3.62. The Labute approximate surface area is 209 Å². The van der Waals surface area contributed by atoms with Gasteiger partial charge in [0.25, 0.3) is 5.91 Å². The summed E-state index contributed by atoms with van der Waals surface area (Å²) in [5, 5.41) is 3.50. The van der Waals surface area contributed by atoms with E-state index in [0.717, 1.165) is 30.6 Å². The fraction of sp³-hybridized carbons (Fsp3) is 0.462. The maximum atomic E-state index is 12.9. The van der Waals surface area contributed by atoms with Crippen LogP contribution in [-0.4, -0.2) is 49.4 Å². The van der Waals surface area contributed by atoms with Crippen LogP contribution >= 0.6 is 12.4 Å². The van der Waals surface area contributed by atoms with E-state index in [0.29, 0.717) is 30.3 Å². The molecule has 2 rings (SSSR count). The molecule has 34 heavy (non-hydrogen) atoms.